The van der Waals surface area contributed by atoms with Crippen LogP contribution in [0.2, 0.25) is 0 Å². The summed E-state index contributed by atoms with van der Waals surface area (Å²) in [5, 5.41) is 0. The van der Waals surface area contributed by atoms with Crippen molar-refractivity contribution in [1.82, 2.24) is 4.90 Å². The molecule has 1 heterocycles. The number of ketones is 1. The lowest BCUT2D eigenvalue weighted by molar-refractivity contribution is -0.146. The summed E-state index contributed by atoms with van der Waals surface area (Å²) >= 11 is 0. The third-order valence-corrected chi connectivity index (χ3v) is 2.63. The maximum Gasteiger partial charge on any atom is 0.290 e. The average molecular weight is 197 g/mol. The summed E-state index contributed by atoms with van der Waals surface area (Å²) in [4.78, 5) is 24.8. The predicted molar refractivity (Wildman–Crippen MR) is 54.9 cm³/mol. The first kappa shape index (κ1) is 11.2. The molecule has 0 aliphatic carbocycles. The number of carbonyl (C=O) groups is 2. The van der Waals surface area contributed by atoms with Crippen LogP contribution >= 0.6 is 0 Å². The maximum absolute atomic E-state index is 11.7. The van der Waals surface area contributed by atoms with E-state index < -0.39 is 0 Å². The Morgan fingerprint density at radius 1 is 1.00 bits per heavy atom. The van der Waals surface area contributed by atoms with Crippen LogP contribution in [0.25, 0.3) is 0 Å². The van der Waals surface area contributed by atoms with Gasteiger partial charge in [-0.15, -0.1) is 0 Å². The van der Waals surface area contributed by atoms with Gasteiger partial charge in [-0.3, -0.25) is 9.59 Å². The Morgan fingerprint density at radius 2 is 1.50 bits per heavy atom. The molecule has 0 aromatic heterocycles. The van der Waals surface area contributed by atoms with Gasteiger partial charge in [0.2, 0.25) is 5.78 Å². The number of hydrogen-bond donors (Lipinski definition) is 0. The Morgan fingerprint density at radius 3 is 1.93 bits per heavy atom. The normalized spacial score (nSPS) is 18.1. The van der Waals surface area contributed by atoms with Crippen LogP contribution in [0.15, 0.2) is 0 Å². The number of carbonyl (C=O) groups excluding carboxylic acids is 2. The molecule has 3 nitrogen and oxygen atoms in total. The van der Waals surface area contributed by atoms with Gasteiger partial charge in [0.25, 0.3) is 5.91 Å². The molecule has 0 aromatic rings. The fourth-order valence-corrected chi connectivity index (χ4v) is 1.68. The molecular weight excluding hydrogens is 178 g/mol. The molecule has 1 saturated heterocycles. The summed E-state index contributed by atoms with van der Waals surface area (Å²) in [5.41, 5.74) is 0. The number of rotatable bonds is 2. The summed E-state index contributed by atoms with van der Waals surface area (Å²) < 4.78 is 0. The van der Waals surface area contributed by atoms with Crippen molar-refractivity contribution in [3.63, 3.8) is 0 Å². The van der Waals surface area contributed by atoms with Crippen LogP contribution in [0, 0.1) is 5.92 Å². The topological polar surface area (TPSA) is 37.4 Å². The van der Waals surface area contributed by atoms with Crippen molar-refractivity contribution in [3.05, 3.63) is 0 Å². The number of hydrogen-bond acceptors (Lipinski definition) is 2. The minimum atomic E-state index is -0.276. The first-order chi connectivity index (χ1) is 6.63. The fourth-order valence-electron chi connectivity index (χ4n) is 1.68. The minimum Gasteiger partial charge on any atom is -0.336 e. The standard InChI is InChI=1S/C11H19NO2/c1-9(2)10(13)11(14)12-7-5-3-4-6-8-12/h9H,3-8H2,1-2H3. The van der Waals surface area contributed by atoms with E-state index in [1.165, 1.54) is 12.8 Å². The van der Waals surface area contributed by atoms with Crippen LogP contribution in [0.5, 0.6) is 0 Å². The van der Waals surface area contributed by atoms with Gasteiger partial charge in [0.05, 0.1) is 0 Å². The molecule has 0 spiro atoms. The molecule has 1 amide bonds. The Balaban J connectivity index is 2.53. The van der Waals surface area contributed by atoms with Crippen LogP contribution in [-0.4, -0.2) is 29.7 Å². The van der Waals surface area contributed by atoms with E-state index in [4.69, 9.17) is 0 Å². The summed E-state index contributed by atoms with van der Waals surface area (Å²) in [6.45, 7) is 5.07. The van der Waals surface area contributed by atoms with Gasteiger partial charge >= 0.3 is 0 Å². The molecule has 0 radical (unpaired) electrons. The van der Waals surface area contributed by atoms with E-state index in [0.29, 0.717) is 0 Å². The third kappa shape index (κ3) is 2.82. The Kier molecular flexibility index (Phi) is 4.11. The summed E-state index contributed by atoms with van der Waals surface area (Å²) in [7, 11) is 0. The minimum absolute atomic E-state index is 0.175. The predicted octanol–water partition coefficient (Wildman–Crippen LogP) is 1.61. The smallest absolute Gasteiger partial charge is 0.290 e. The molecule has 14 heavy (non-hydrogen) atoms. The molecule has 1 aliphatic rings. The van der Waals surface area contributed by atoms with Gasteiger partial charge in [-0.2, -0.15) is 0 Å². The second kappa shape index (κ2) is 5.13. The first-order valence-corrected chi connectivity index (χ1v) is 5.46. The van der Waals surface area contributed by atoms with Gasteiger partial charge in [-0.05, 0) is 12.8 Å². The molecule has 0 aromatic carbocycles. The van der Waals surface area contributed by atoms with Gasteiger partial charge in [0, 0.05) is 19.0 Å². The molecule has 3 heteroatoms. The number of Topliss-reactive ketones (excluding diaryl/α,β-unsaturated/α-hetero) is 1. The quantitative estimate of drug-likeness (QED) is 0.631. The third-order valence-electron chi connectivity index (χ3n) is 2.63. The Labute approximate surface area is 85.5 Å². The van der Waals surface area contributed by atoms with Gasteiger partial charge in [0.15, 0.2) is 0 Å². The Bertz CT molecular complexity index is 215. The zero-order valence-corrected chi connectivity index (χ0v) is 9.08. The highest BCUT2D eigenvalue weighted by molar-refractivity contribution is 6.36. The highest BCUT2D eigenvalue weighted by Gasteiger charge is 2.24. The highest BCUT2D eigenvalue weighted by Crippen LogP contribution is 2.11. The lowest BCUT2D eigenvalue weighted by atomic mass is 10.1. The van der Waals surface area contributed by atoms with Crippen LogP contribution in [0.1, 0.15) is 39.5 Å². The van der Waals surface area contributed by atoms with Crippen molar-refractivity contribution < 1.29 is 9.59 Å². The zero-order chi connectivity index (χ0) is 10.6. The molecule has 0 saturated carbocycles. The van der Waals surface area contributed by atoms with E-state index in [1.54, 1.807) is 18.7 Å². The van der Waals surface area contributed by atoms with Gasteiger partial charge < -0.3 is 4.90 Å². The van der Waals surface area contributed by atoms with Crippen LogP contribution in [-0.2, 0) is 9.59 Å². The van der Waals surface area contributed by atoms with E-state index in [9.17, 15) is 9.59 Å². The Hall–Kier alpha value is -0.860. The molecule has 1 aliphatic heterocycles. The molecule has 1 fully saturated rings. The average Bonchev–Trinajstić information content (AvgIpc) is 2.43. The van der Waals surface area contributed by atoms with Gasteiger partial charge in [-0.25, -0.2) is 0 Å². The molecule has 0 unspecified atom stereocenters. The second-order valence-corrected chi connectivity index (χ2v) is 4.23. The first-order valence-electron chi connectivity index (χ1n) is 5.46. The molecule has 1 rings (SSSR count). The monoisotopic (exact) mass is 197 g/mol. The van der Waals surface area contributed by atoms with Crippen molar-refractivity contribution in [3.8, 4) is 0 Å². The molecule has 0 bridgehead atoms. The molecule has 0 N–H and O–H groups in total. The van der Waals surface area contributed by atoms with E-state index in [1.807, 2.05) is 0 Å². The van der Waals surface area contributed by atoms with Crippen molar-refractivity contribution in [2.45, 2.75) is 39.5 Å². The summed E-state index contributed by atoms with van der Waals surface area (Å²) in [6, 6.07) is 0. The van der Waals surface area contributed by atoms with Gasteiger partial charge in [-0.1, -0.05) is 26.7 Å². The lowest BCUT2D eigenvalue weighted by Gasteiger charge is -2.20. The van der Waals surface area contributed by atoms with Crippen LogP contribution in [0.4, 0.5) is 0 Å². The lowest BCUT2D eigenvalue weighted by Crippen LogP contribution is -2.39. The number of nitrogens with zero attached hydrogens (tertiary/aromatic N) is 1. The summed E-state index contributed by atoms with van der Waals surface area (Å²) in [5.74, 6) is -0.695. The SMILES string of the molecule is CC(C)C(=O)C(=O)N1CCCCCC1. The van der Waals surface area contributed by atoms with Crippen LogP contribution in [0.3, 0.4) is 0 Å². The molecule has 80 valence electrons. The second-order valence-electron chi connectivity index (χ2n) is 4.23. The fraction of sp³-hybridized carbons (Fsp3) is 0.818. The van der Waals surface area contributed by atoms with E-state index in [0.717, 1.165) is 25.9 Å². The number of amides is 1. The van der Waals surface area contributed by atoms with Crippen molar-refractivity contribution in [2.24, 2.45) is 5.92 Å². The van der Waals surface area contributed by atoms with E-state index >= 15 is 0 Å². The van der Waals surface area contributed by atoms with Crippen molar-refractivity contribution in [1.29, 1.82) is 0 Å². The highest BCUT2D eigenvalue weighted by atomic mass is 16.2. The maximum atomic E-state index is 11.7. The van der Waals surface area contributed by atoms with E-state index in [2.05, 4.69) is 0 Å². The molecular formula is C11H19NO2. The largest absolute Gasteiger partial charge is 0.336 e. The zero-order valence-electron chi connectivity index (χ0n) is 9.08. The summed E-state index contributed by atoms with van der Waals surface area (Å²) in [6.07, 6.45) is 4.44. The number of likely N-dealkylation sites (tertiary alicyclic amines) is 1. The van der Waals surface area contributed by atoms with Crippen molar-refractivity contribution in [2.75, 3.05) is 13.1 Å². The van der Waals surface area contributed by atoms with Crippen LogP contribution < -0.4 is 0 Å². The van der Waals surface area contributed by atoms with Crippen molar-refractivity contribution >= 4 is 11.7 Å². The van der Waals surface area contributed by atoms with Gasteiger partial charge in [0.1, 0.15) is 0 Å². The van der Waals surface area contributed by atoms with E-state index in [-0.39, 0.29) is 17.6 Å². The molecule has 0 atom stereocenters.